The number of hydrogen-bond donors (Lipinski definition) is 1. The number of nitro groups is 1. The monoisotopic (exact) mass is 411 g/mol. The number of nitrogens with zero attached hydrogens (tertiary/aromatic N) is 3. The highest BCUT2D eigenvalue weighted by Gasteiger charge is 2.22. The fourth-order valence-electron chi connectivity index (χ4n) is 3.31. The highest BCUT2D eigenvalue weighted by atomic mass is 32.1. The van der Waals surface area contributed by atoms with E-state index < -0.39 is 10.9 Å². The van der Waals surface area contributed by atoms with E-state index in [1.54, 1.807) is 37.4 Å². The fraction of sp³-hybridized carbons (Fsp3) is 0.238. The number of carboxylic acid groups (broad SMARTS) is 1. The lowest BCUT2D eigenvalue weighted by Gasteiger charge is -2.14. The van der Waals surface area contributed by atoms with Crippen molar-refractivity contribution in [3.63, 3.8) is 0 Å². The molecule has 1 aromatic carbocycles. The summed E-state index contributed by atoms with van der Waals surface area (Å²) in [6.45, 7) is 4.03. The molecule has 0 atom stereocenters. The second kappa shape index (κ2) is 8.83. The number of aliphatic carboxylic acids is 1. The Balaban J connectivity index is 2.16. The van der Waals surface area contributed by atoms with Crippen LogP contribution in [0.25, 0.3) is 11.1 Å². The molecule has 0 unspecified atom stereocenters. The standard InChI is InChI=1S/C21H21N3O4S/c1-3-7-19-22-12-17(14(2)20(21(25)26)18-10-6-11-29-18)23(19)13-15-8-4-5-9-16(15)24(27)28/h4-6,8-12H,3,7,13H2,1-2H3,(H,25,26)/b20-14-. The number of carboxylic acids is 1. The zero-order chi connectivity index (χ0) is 21.0. The van der Waals surface area contributed by atoms with Crippen molar-refractivity contribution in [2.24, 2.45) is 0 Å². The van der Waals surface area contributed by atoms with Gasteiger partial charge in [0.05, 0.1) is 28.9 Å². The van der Waals surface area contributed by atoms with Crippen molar-refractivity contribution in [3.8, 4) is 0 Å². The molecule has 0 aliphatic carbocycles. The maximum atomic E-state index is 12.0. The number of benzene rings is 1. The molecule has 3 rings (SSSR count). The summed E-state index contributed by atoms with van der Waals surface area (Å²) in [7, 11) is 0. The molecule has 0 aliphatic rings. The highest BCUT2D eigenvalue weighted by Crippen LogP contribution is 2.31. The van der Waals surface area contributed by atoms with E-state index in [4.69, 9.17) is 0 Å². The number of allylic oxidation sites excluding steroid dienone is 1. The van der Waals surface area contributed by atoms with Crippen molar-refractivity contribution >= 4 is 34.1 Å². The molecule has 0 saturated heterocycles. The van der Waals surface area contributed by atoms with Gasteiger partial charge in [-0.1, -0.05) is 31.2 Å². The molecule has 0 spiro atoms. The summed E-state index contributed by atoms with van der Waals surface area (Å²) in [6, 6.07) is 10.2. The molecule has 0 saturated carbocycles. The molecule has 1 N–H and O–H groups in total. The quantitative estimate of drug-likeness (QED) is 0.324. The Labute approximate surface area is 172 Å². The lowest BCUT2D eigenvalue weighted by Crippen LogP contribution is -2.11. The summed E-state index contributed by atoms with van der Waals surface area (Å²) in [6.07, 6.45) is 3.20. The Kier molecular flexibility index (Phi) is 6.23. The minimum atomic E-state index is -1.01. The third-order valence-corrected chi connectivity index (χ3v) is 5.56. The first kappa shape index (κ1) is 20.5. The molecule has 0 fully saturated rings. The van der Waals surface area contributed by atoms with Gasteiger partial charge >= 0.3 is 5.97 Å². The van der Waals surface area contributed by atoms with Crippen molar-refractivity contribution in [3.05, 3.63) is 80.0 Å². The summed E-state index contributed by atoms with van der Waals surface area (Å²) >= 11 is 1.36. The van der Waals surface area contributed by atoms with Crippen molar-refractivity contribution < 1.29 is 14.8 Å². The SMILES string of the molecule is CCCc1ncc(/C(C)=C(\C(=O)O)c2cccs2)n1Cc1ccccc1[N+](=O)[O-]. The van der Waals surface area contributed by atoms with Gasteiger partial charge in [0.25, 0.3) is 5.69 Å². The van der Waals surface area contributed by atoms with Crippen LogP contribution in [0.1, 0.15) is 42.2 Å². The predicted octanol–water partition coefficient (Wildman–Crippen LogP) is 4.87. The van der Waals surface area contributed by atoms with Crippen LogP contribution < -0.4 is 0 Å². The fourth-order valence-corrected chi connectivity index (χ4v) is 4.12. The van der Waals surface area contributed by atoms with Crippen LogP contribution in [0.3, 0.4) is 0 Å². The van der Waals surface area contributed by atoms with E-state index in [1.165, 1.54) is 17.4 Å². The highest BCUT2D eigenvalue weighted by molar-refractivity contribution is 7.11. The average Bonchev–Trinajstić information content (AvgIpc) is 3.33. The topological polar surface area (TPSA) is 98.3 Å². The number of hydrogen-bond acceptors (Lipinski definition) is 5. The molecule has 29 heavy (non-hydrogen) atoms. The van der Waals surface area contributed by atoms with Crippen molar-refractivity contribution in [2.45, 2.75) is 33.2 Å². The van der Waals surface area contributed by atoms with E-state index in [0.717, 1.165) is 12.2 Å². The predicted molar refractivity (Wildman–Crippen MR) is 113 cm³/mol. The molecule has 2 heterocycles. The summed E-state index contributed by atoms with van der Waals surface area (Å²) in [5.74, 6) is -0.239. The first-order valence-corrected chi connectivity index (χ1v) is 10.1. The zero-order valence-corrected chi connectivity index (χ0v) is 17.0. The van der Waals surface area contributed by atoms with Crippen LogP contribution >= 0.6 is 11.3 Å². The number of rotatable bonds is 8. The second-order valence-corrected chi connectivity index (χ2v) is 7.51. The molecule has 0 bridgehead atoms. The maximum absolute atomic E-state index is 12.0. The minimum absolute atomic E-state index is 0.0351. The third kappa shape index (κ3) is 4.27. The second-order valence-electron chi connectivity index (χ2n) is 6.56. The Bertz CT molecular complexity index is 1070. The normalized spacial score (nSPS) is 11.9. The number of thiophene rings is 1. The van der Waals surface area contributed by atoms with E-state index in [1.807, 2.05) is 22.9 Å². The number of aromatic nitrogens is 2. The summed E-state index contributed by atoms with van der Waals surface area (Å²) in [5.41, 5.74) is 2.03. The number of para-hydroxylation sites is 1. The number of imidazole rings is 1. The van der Waals surface area contributed by atoms with Gasteiger partial charge in [-0.3, -0.25) is 10.1 Å². The number of nitro benzene ring substituents is 1. The van der Waals surface area contributed by atoms with E-state index in [0.29, 0.717) is 28.1 Å². The first-order chi connectivity index (χ1) is 13.9. The minimum Gasteiger partial charge on any atom is -0.478 e. The molecular formula is C21H21N3O4S. The Morgan fingerprint density at radius 1 is 1.28 bits per heavy atom. The van der Waals surface area contributed by atoms with Crippen LogP contribution in [0.15, 0.2) is 48.0 Å². The van der Waals surface area contributed by atoms with E-state index >= 15 is 0 Å². The average molecular weight is 411 g/mol. The van der Waals surface area contributed by atoms with Gasteiger partial charge in [0.2, 0.25) is 0 Å². The Hall–Kier alpha value is -3.26. The molecule has 2 aromatic heterocycles. The molecular weight excluding hydrogens is 390 g/mol. The zero-order valence-electron chi connectivity index (χ0n) is 16.2. The van der Waals surface area contributed by atoms with Crippen molar-refractivity contribution in [1.29, 1.82) is 0 Å². The van der Waals surface area contributed by atoms with Gasteiger partial charge in [0.15, 0.2) is 0 Å². The van der Waals surface area contributed by atoms with E-state index in [-0.39, 0.29) is 17.8 Å². The molecule has 7 nitrogen and oxygen atoms in total. The molecule has 150 valence electrons. The van der Waals surface area contributed by atoms with Crippen LogP contribution in [0.2, 0.25) is 0 Å². The number of carbonyl (C=O) groups is 1. The van der Waals surface area contributed by atoms with Gasteiger partial charge in [0, 0.05) is 22.9 Å². The van der Waals surface area contributed by atoms with Gasteiger partial charge in [0.1, 0.15) is 5.82 Å². The van der Waals surface area contributed by atoms with Gasteiger partial charge in [-0.25, -0.2) is 9.78 Å². The lowest BCUT2D eigenvalue weighted by molar-refractivity contribution is -0.385. The lowest BCUT2D eigenvalue weighted by atomic mass is 10.0. The van der Waals surface area contributed by atoms with Gasteiger partial charge in [-0.05, 0) is 30.4 Å². The van der Waals surface area contributed by atoms with Gasteiger partial charge in [-0.2, -0.15) is 0 Å². The van der Waals surface area contributed by atoms with Crippen LogP contribution in [0.4, 0.5) is 5.69 Å². The first-order valence-electron chi connectivity index (χ1n) is 9.19. The molecule has 0 aliphatic heterocycles. The molecule has 8 heteroatoms. The summed E-state index contributed by atoms with van der Waals surface area (Å²) in [5, 5.41) is 23.1. The molecule has 0 amide bonds. The summed E-state index contributed by atoms with van der Waals surface area (Å²) < 4.78 is 1.89. The van der Waals surface area contributed by atoms with Gasteiger partial charge < -0.3 is 9.67 Å². The third-order valence-electron chi connectivity index (χ3n) is 4.67. The van der Waals surface area contributed by atoms with Crippen LogP contribution in [-0.4, -0.2) is 25.6 Å². The summed E-state index contributed by atoms with van der Waals surface area (Å²) in [4.78, 5) is 28.2. The Morgan fingerprint density at radius 3 is 2.66 bits per heavy atom. The molecule has 3 aromatic rings. The maximum Gasteiger partial charge on any atom is 0.337 e. The number of aryl methyl sites for hydroxylation is 1. The van der Waals surface area contributed by atoms with Crippen molar-refractivity contribution in [2.75, 3.05) is 0 Å². The van der Waals surface area contributed by atoms with Gasteiger partial charge in [-0.15, -0.1) is 11.3 Å². The largest absolute Gasteiger partial charge is 0.478 e. The Morgan fingerprint density at radius 2 is 2.03 bits per heavy atom. The molecule has 0 radical (unpaired) electrons. The van der Waals surface area contributed by atoms with Crippen molar-refractivity contribution in [1.82, 2.24) is 9.55 Å². The van der Waals surface area contributed by atoms with Crippen LogP contribution in [0.5, 0.6) is 0 Å². The smallest absolute Gasteiger partial charge is 0.337 e. The van der Waals surface area contributed by atoms with Crippen LogP contribution in [0, 0.1) is 10.1 Å². The van der Waals surface area contributed by atoms with E-state index in [9.17, 15) is 20.0 Å². The van der Waals surface area contributed by atoms with Crippen LogP contribution in [-0.2, 0) is 17.8 Å². The van der Waals surface area contributed by atoms with E-state index in [2.05, 4.69) is 4.98 Å².